The van der Waals surface area contributed by atoms with Crippen LogP contribution in [0.2, 0.25) is 0 Å². The molecule has 4 rings (SSSR count). The lowest BCUT2D eigenvalue weighted by Gasteiger charge is -2.50. The van der Waals surface area contributed by atoms with Gasteiger partial charge in [-0.05, 0) is 104 Å². The Hall–Kier alpha value is -2.01. The molecule has 0 saturated heterocycles. The zero-order valence-corrected chi connectivity index (χ0v) is 21.3. The van der Waals surface area contributed by atoms with Gasteiger partial charge in [-0.3, -0.25) is 14.9 Å². The fourth-order valence-corrected chi connectivity index (χ4v) is 7.48. The highest BCUT2D eigenvalue weighted by molar-refractivity contribution is 7.84. The van der Waals surface area contributed by atoms with Crippen molar-refractivity contribution < 1.29 is 27.3 Å². The van der Waals surface area contributed by atoms with Crippen molar-refractivity contribution in [2.75, 3.05) is 13.1 Å². The molecule has 2 saturated carbocycles. The minimum Gasteiger partial charge on any atom is -0.392 e. The second-order valence-electron chi connectivity index (χ2n) is 10.8. The van der Waals surface area contributed by atoms with Crippen molar-refractivity contribution in [1.29, 1.82) is 0 Å². The number of aliphatic hydroxyl groups is 1. The molecule has 0 heterocycles. The van der Waals surface area contributed by atoms with Crippen LogP contribution in [0.1, 0.15) is 69.4 Å². The predicted molar refractivity (Wildman–Crippen MR) is 131 cm³/mol. The standard InChI is InChI=1S/C25H37N3O6S/c1-15(29)28-23(30)14-27-11-3-4-17-13-22-21-7-5-16-12-18(34-35(26,32)33)6-8-19(16)20(21)9-10-25(22,2)24(17)31/h6,8,12,17,20-22,24,27,31H,3-5,7,9-11,13-14H2,1-2H3,(H2,26,32,33)(H,28,29,30)/t17-,20+,21+,22-,24-,25-/m0/s1. The van der Waals surface area contributed by atoms with E-state index in [9.17, 15) is 23.1 Å². The summed E-state index contributed by atoms with van der Waals surface area (Å²) in [5.74, 6) is 1.17. The van der Waals surface area contributed by atoms with Gasteiger partial charge in [-0.25, -0.2) is 0 Å². The number of nitrogens with two attached hydrogens (primary N) is 1. The summed E-state index contributed by atoms with van der Waals surface area (Å²) in [6, 6.07) is 5.49. The third kappa shape index (κ3) is 5.71. The van der Waals surface area contributed by atoms with E-state index in [1.165, 1.54) is 12.5 Å². The summed E-state index contributed by atoms with van der Waals surface area (Å²) in [6.07, 6.45) is 6.29. The number of fused-ring (bicyclic) bond motifs is 5. The number of rotatable bonds is 8. The van der Waals surface area contributed by atoms with Crippen LogP contribution in [0.4, 0.5) is 0 Å². The Labute approximate surface area is 207 Å². The Kier molecular flexibility index (Phi) is 7.57. The molecule has 194 valence electrons. The first-order valence-corrected chi connectivity index (χ1v) is 14.0. The SMILES string of the molecule is CC(=O)NC(=O)CNCCC[C@H]1C[C@H]2[C@@H]3CCc4cc(OS(N)(=O)=O)ccc4[C@H]3CC[C@]2(C)[C@H]1O. The third-order valence-corrected chi connectivity index (χ3v) is 8.98. The van der Waals surface area contributed by atoms with Crippen LogP contribution in [0.5, 0.6) is 5.75 Å². The molecule has 35 heavy (non-hydrogen) atoms. The summed E-state index contributed by atoms with van der Waals surface area (Å²) in [7, 11) is -4.05. The number of carbonyl (C=O) groups is 2. The number of aliphatic hydroxyl groups excluding tert-OH is 1. The van der Waals surface area contributed by atoms with Gasteiger partial charge in [0.15, 0.2) is 0 Å². The van der Waals surface area contributed by atoms with E-state index >= 15 is 0 Å². The Morgan fingerprint density at radius 1 is 1.29 bits per heavy atom. The Morgan fingerprint density at radius 3 is 2.77 bits per heavy atom. The van der Waals surface area contributed by atoms with Gasteiger partial charge in [-0.1, -0.05) is 13.0 Å². The molecular weight excluding hydrogens is 470 g/mol. The van der Waals surface area contributed by atoms with Gasteiger partial charge < -0.3 is 14.6 Å². The maximum atomic E-state index is 11.6. The molecule has 1 aromatic rings. The maximum absolute atomic E-state index is 11.6. The minimum absolute atomic E-state index is 0.0885. The zero-order valence-electron chi connectivity index (χ0n) is 20.5. The van der Waals surface area contributed by atoms with Gasteiger partial charge in [0.25, 0.3) is 0 Å². The summed E-state index contributed by atoms with van der Waals surface area (Å²) < 4.78 is 27.5. The highest BCUT2D eigenvalue weighted by Crippen LogP contribution is 2.62. The van der Waals surface area contributed by atoms with Crippen LogP contribution in [-0.4, -0.2) is 44.5 Å². The molecule has 0 spiro atoms. The van der Waals surface area contributed by atoms with E-state index in [1.54, 1.807) is 12.1 Å². The maximum Gasteiger partial charge on any atom is 0.380 e. The highest BCUT2D eigenvalue weighted by Gasteiger charge is 2.57. The average molecular weight is 508 g/mol. The lowest BCUT2D eigenvalue weighted by molar-refractivity contribution is -0.128. The van der Waals surface area contributed by atoms with Crippen molar-refractivity contribution in [1.82, 2.24) is 10.6 Å². The lowest BCUT2D eigenvalue weighted by Crippen LogP contribution is -2.44. The molecule has 3 aliphatic rings. The van der Waals surface area contributed by atoms with Crippen molar-refractivity contribution in [2.24, 2.45) is 28.3 Å². The van der Waals surface area contributed by atoms with Gasteiger partial charge >= 0.3 is 10.3 Å². The van der Waals surface area contributed by atoms with E-state index in [1.807, 2.05) is 6.07 Å². The topological polar surface area (TPSA) is 148 Å². The fraction of sp³-hybridized carbons (Fsp3) is 0.680. The van der Waals surface area contributed by atoms with Crippen LogP contribution >= 0.6 is 0 Å². The van der Waals surface area contributed by atoms with Gasteiger partial charge in [0.2, 0.25) is 11.8 Å². The van der Waals surface area contributed by atoms with Gasteiger partial charge in [0.05, 0.1) is 12.6 Å². The number of hydrogen-bond acceptors (Lipinski definition) is 7. The van der Waals surface area contributed by atoms with Crippen LogP contribution in [-0.2, 0) is 26.3 Å². The quantitative estimate of drug-likeness (QED) is 0.392. The lowest BCUT2D eigenvalue weighted by atomic mass is 9.55. The Morgan fingerprint density at radius 2 is 2.06 bits per heavy atom. The number of amides is 2. The van der Waals surface area contributed by atoms with Crippen molar-refractivity contribution in [3.63, 3.8) is 0 Å². The molecule has 10 heteroatoms. The number of nitrogens with one attached hydrogen (secondary N) is 2. The molecule has 0 aromatic heterocycles. The summed E-state index contributed by atoms with van der Waals surface area (Å²) >= 11 is 0. The molecule has 2 amide bonds. The molecular formula is C25H37N3O6S. The smallest absolute Gasteiger partial charge is 0.380 e. The summed E-state index contributed by atoms with van der Waals surface area (Å²) in [5, 5.41) is 21.7. The summed E-state index contributed by atoms with van der Waals surface area (Å²) in [5.41, 5.74) is 2.32. The van der Waals surface area contributed by atoms with Crippen molar-refractivity contribution in [3.8, 4) is 5.75 Å². The van der Waals surface area contributed by atoms with Crippen LogP contribution in [0.3, 0.4) is 0 Å². The second kappa shape index (κ2) is 10.2. The molecule has 0 unspecified atom stereocenters. The molecule has 1 aromatic carbocycles. The first-order chi connectivity index (χ1) is 16.5. The predicted octanol–water partition coefficient (Wildman–Crippen LogP) is 1.74. The third-order valence-electron chi connectivity index (χ3n) is 8.56. The second-order valence-corrected chi connectivity index (χ2v) is 11.9. The van der Waals surface area contributed by atoms with E-state index in [-0.39, 0.29) is 41.5 Å². The van der Waals surface area contributed by atoms with Crippen molar-refractivity contribution in [2.45, 2.75) is 70.8 Å². The van der Waals surface area contributed by atoms with E-state index < -0.39 is 10.3 Å². The highest BCUT2D eigenvalue weighted by atomic mass is 32.2. The first kappa shape index (κ1) is 26.1. The number of imide groups is 1. The van der Waals surface area contributed by atoms with Crippen molar-refractivity contribution in [3.05, 3.63) is 29.3 Å². The van der Waals surface area contributed by atoms with E-state index in [4.69, 9.17) is 9.32 Å². The van der Waals surface area contributed by atoms with Gasteiger partial charge in [0.1, 0.15) is 5.75 Å². The Balaban J connectivity index is 1.36. The van der Waals surface area contributed by atoms with Crippen LogP contribution < -0.4 is 20.0 Å². The van der Waals surface area contributed by atoms with Crippen molar-refractivity contribution >= 4 is 22.1 Å². The monoisotopic (exact) mass is 507 g/mol. The largest absolute Gasteiger partial charge is 0.392 e. The fourth-order valence-electron chi connectivity index (χ4n) is 7.10. The van der Waals surface area contributed by atoms with Crippen LogP contribution in [0, 0.1) is 23.2 Å². The molecule has 0 aliphatic heterocycles. The normalized spacial score (nSPS) is 31.7. The molecule has 5 N–H and O–H groups in total. The molecule has 0 radical (unpaired) electrons. The minimum atomic E-state index is -4.05. The summed E-state index contributed by atoms with van der Waals surface area (Å²) in [6.45, 7) is 4.34. The number of aryl methyl sites for hydroxylation is 1. The molecule has 9 nitrogen and oxygen atoms in total. The van der Waals surface area contributed by atoms with E-state index in [0.29, 0.717) is 24.3 Å². The van der Waals surface area contributed by atoms with E-state index in [2.05, 4.69) is 17.6 Å². The molecule has 2 fully saturated rings. The first-order valence-electron chi connectivity index (χ1n) is 12.5. The molecule has 6 atom stereocenters. The Bertz CT molecular complexity index is 1080. The van der Waals surface area contributed by atoms with Crippen LogP contribution in [0.25, 0.3) is 0 Å². The van der Waals surface area contributed by atoms with Gasteiger partial charge in [-0.2, -0.15) is 13.6 Å². The summed E-state index contributed by atoms with van der Waals surface area (Å²) in [4.78, 5) is 22.5. The molecule has 0 bridgehead atoms. The van der Waals surface area contributed by atoms with Crippen LogP contribution in [0.15, 0.2) is 18.2 Å². The van der Waals surface area contributed by atoms with Gasteiger partial charge in [-0.15, -0.1) is 0 Å². The van der Waals surface area contributed by atoms with Gasteiger partial charge in [0, 0.05) is 6.92 Å². The van der Waals surface area contributed by atoms with E-state index in [0.717, 1.165) is 50.5 Å². The number of hydrogen-bond donors (Lipinski definition) is 4. The number of carbonyl (C=O) groups excluding carboxylic acids is 2. The molecule has 3 aliphatic carbocycles. The zero-order chi connectivity index (χ0) is 25.4. The average Bonchev–Trinajstić information content (AvgIpc) is 3.02. The number of benzene rings is 1.